The molecule has 5 heteroatoms. The number of benzene rings is 1. The zero-order valence-electron chi connectivity index (χ0n) is 16.0. The smallest absolute Gasteiger partial charge is 0.176 e. The van der Waals surface area contributed by atoms with E-state index in [4.69, 9.17) is 4.98 Å². The molecule has 2 aliphatic rings. The quantitative estimate of drug-likeness (QED) is 0.657. The van der Waals surface area contributed by atoms with Crippen molar-refractivity contribution in [3.05, 3.63) is 65.6 Å². The molecule has 3 aromatic rings. The Hall–Kier alpha value is -2.79. The molecule has 0 unspecified atom stereocenters. The molecule has 0 atom stereocenters. The molecular formula is C23H24N4O. The number of nitrogens with zero attached hydrogens (tertiary/aromatic N) is 4. The Morgan fingerprint density at radius 2 is 1.86 bits per heavy atom. The van der Waals surface area contributed by atoms with Gasteiger partial charge in [0, 0.05) is 67.3 Å². The van der Waals surface area contributed by atoms with Gasteiger partial charge in [0.25, 0.3) is 0 Å². The highest BCUT2D eigenvalue weighted by molar-refractivity contribution is 5.98. The molecule has 1 fully saturated rings. The standard InChI is InChI=1S/C23H24N4O/c28-23(17-3-5-20(6-4-17)27-10-1-2-11-27)16-26-12-8-22-19(15-26)13-18-14-24-9-7-21(18)25-22/h3-7,9,13-14H,1-2,8,10-12,15-16H2. The number of hydrogen-bond acceptors (Lipinski definition) is 5. The number of carbonyl (C=O) groups is 1. The maximum absolute atomic E-state index is 12.8. The van der Waals surface area contributed by atoms with Crippen molar-refractivity contribution in [3.8, 4) is 0 Å². The predicted octanol–water partition coefficient (Wildman–Crippen LogP) is 3.47. The summed E-state index contributed by atoms with van der Waals surface area (Å²) in [6, 6.07) is 12.3. The molecule has 2 aliphatic heterocycles. The highest BCUT2D eigenvalue weighted by Crippen LogP contribution is 2.23. The highest BCUT2D eigenvalue weighted by atomic mass is 16.1. The summed E-state index contributed by atoms with van der Waals surface area (Å²) in [5, 5.41) is 1.06. The summed E-state index contributed by atoms with van der Waals surface area (Å²) >= 11 is 0. The van der Waals surface area contributed by atoms with Gasteiger partial charge in [-0.25, -0.2) is 0 Å². The van der Waals surface area contributed by atoms with E-state index in [-0.39, 0.29) is 5.78 Å². The molecule has 0 radical (unpaired) electrons. The molecule has 4 heterocycles. The first-order chi connectivity index (χ1) is 13.8. The monoisotopic (exact) mass is 372 g/mol. The van der Waals surface area contributed by atoms with Gasteiger partial charge in [0.1, 0.15) is 0 Å². The number of pyridine rings is 2. The number of ketones is 1. The summed E-state index contributed by atoms with van der Waals surface area (Å²) in [7, 11) is 0. The van der Waals surface area contributed by atoms with Crippen LogP contribution in [0.15, 0.2) is 48.8 Å². The average Bonchev–Trinajstić information content (AvgIpc) is 3.27. The van der Waals surface area contributed by atoms with E-state index in [0.29, 0.717) is 6.54 Å². The van der Waals surface area contributed by atoms with Gasteiger partial charge in [0.15, 0.2) is 5.78 Å². The Balaban J connectivity index is 1.27. The molecule has 0 N–H and O–H groups in total. The number of rotatable bonds is 4. The lowest BCUT2D eigenvalue weighted by atomic mass is 10.0. The van der Waals surface area contributed by atoms with Crippen molar-refractivity contribution in [1.29, 1.82) is 0 Å². The van der Waals surface area contributed by atoms with E-state index >= 15 is 0 Å². The molecule has 0 spiro atoms. The summed E-state index contributed by atoms with van der Waals surface area (Å²) in [4.78, 5) is 26.4. The van der Waals surface area contributed by atoms with Crippen LogP contribution < -0.4 is 4.90 Å². The number of anilines is 1. The van der Waals surface area contributed by atoms with E-state index in [1.165, 1.54) is 24.1 Å². The van der Waals surface area contributed by atoms with Crippen molar-refractivity contribution in [3.63, 3.8) is 0 Å². The van der Waals surface area contributed by atoms with Gasteiger partial charge in [-0.3, -0.25) is 19.7 Å². The third-order valence-corrected chi connectivity index (χ3v) is 5.87. The zero-order chi connectivity index (χ0) is 18.9. The number of hydrogen-bond donors (Lipinski definition) is 0. The van der Waals surface area contributed by atoms with Gasteiger partial charge in [0.2, 0.25) is 0 Å². The maximum Gasteiger partial charge on any atom is 0.176 e. The molecule has 142 valence electrons. The lowest BCUT2D eigenvalue weighted by molar-refractivity contribution is 0.0921. The molecule has 28 heavy (non-hydrogen) atoms. The Morgan fingerprint density at radius 3 is 2.68 bits per heavy atom. The summed E-state index contributed by atoms with van der Waals surface area (Å²) in [5.74, 6) is 0.187. The van der Waals surface area contributed by atoms with Gasteiger partial charge in [-0.05, 0) is 54.8 Å². The summed E-state index contributed by atoms with van der Waals surface area (Å²) < 4.78 is 0. The van der Waals surface area contributed by atoms with Crippen molar-refractivity contribution in [1.82, 2.24) is 14.9 Å². The van der Waals surface area contributed by atoms with Crippen LogP contribution in [0.4, 0.5) is 5.69 Å². The average molecular weight is 372 g/mol. The minimum Gasteiger partial charge on any atom is -0.372 e. The molecule has 5 nitrogen and oxygen atoms in total. The maximum atomic E-state index is 12.8. The van der Waals surface area contributed by atoms with Gasteiger partial charge in [-0.15, -0.1) is 0 Å². The number of carbonyl (C=O) groups excluding carboxylic acids is 1. The fourth-order valence-electron chi connectivity index (χ4n) is 4.30. The van der Waals surface area contributed by atoms with Gasteiger partial charge in [-0.1, -0.05) is 0 Å². The minimum absolute atomic E-state index is 0.187. The molecule has 2 aromatic heterocycles. The second kappa shape index (κ2) is 7.32. The van der Waals surface area contributed by atoms with Gasteiger partial charge < -0.3 is 4.90 Å². The first kappa shape index (κ1) is 17.3. The van der Waals surface area contributed by atoms with Gasteiger partial charge >= 0.3 is 0 Å². The number of fused-ring (bicyclic) bond motifs is 2. The van der Waals surface area contributed by atoms with Crippen LogP contribution in [0.2, 0.25) is 0 Å². The Morgan fingerprint density at radius 1 is 1.04 bits per heavy atom. The second-order valence-corrected chi connectivity index (χ2v) is 7.79. The zero-order valence-corrected chi connectivity index (χ0v) is 16.0. The van der Waals surface area contributed by atoms with E-state index in [0.717, 1.165) is 54.8 Å². The SMILES string of the molecule is O=C(CN1CCc2nc3ccncc3cc2C1)c1ccc(N2CCCC2)cc1. The van der Waals surface area contributed by atoms with Crippen molar-refractivity contribution in [2.75, 3.05) is 31.1 Å². The van der Waals surface area contributed by atoms with Crippen LogP contribution in [0.3, 0.4) is 0 Å². The predicted molar refractivity (Wildman–Crippen MR) is 111 cm³/mol. The van der Waals surface area contributed by atoms with Crippen LogP contribution in [-0.4, -0.2) is 46.8 Å². The summed E-state index contributed by atoms with van der Waals surface area (Å²) in [6.45, 7) is 4.34. The second-order valence-electron chi connectivity index (χ2n) is 7.79. The van der Waals surface area contributed by atoms with Crippen molar-refractivity contribution < 1.29 is 4.79 Å². The molecule has 0 aliphatic carbocycles. The van der Waals surface area contributed by atoms with Crippen molar-refractivity contribution in [2.45, 2.75) is 25.8 Å². The van der Waals surface area contributed by atoms with Crippen LogP contribution in [0, 0.1) is 0 Å². The third-order valence-electron chi connectivity index (χ3n) is 5.87. The van der Waals surface area contributed by atoms with Crippen LogP contribution in [0.25, 0.3) is 10.9 Å². The van der Waals surface area contributed by atoms with E-state index in [9.17, 15) is 4.79 Å². The fourth-order valence-corrected chi connectivity index (χ4v) is 4.30. The Kier molecular flexibility index (Phi) is 4.53. The van der Waals surface area contributed by atoms with Gasteiger partial charge in [-0.2, -0.15) is 0 Å². The van der Waals surface area contributed by atoms with E-state index < -0.39 is 0 Å². The lowest BCUT2D eigenvalue weighted by Crippen LogP contribution is -2.35. The van der Waals surface area contributed by atoms with Crippen LogP contribution in [0.5, 0.6) is 0 Å². The molecule has 1 saturated heterocycles. The molecule has 0 saturated carbocycles. The molecule has 0 bridgehead atoms. The number of aromatic nitrogens is 2. The Labute approximate surface area is 165 Å². The lowest BCUT2D eigenvalue weighted by Gasteiger charge is -2.27. The van der Waals surface area contributed by atoms with Crippen LogP contribution >= 0.6 is 0 Å². The summed E-state index contributed by atoms with van der Waals surface area (Å²) in [6.07, 6.45) is 7.04. The summed E-state index contributed by atoms with van der Waals surface area (Å²) in [5.41, 5.74) is 5.39. The first-order valence-corrected chi connectivity index (χ1v) is 10.1. The molecular weight excluding hydrogens is 348 g/mol. The topological polar surface area (TPSA) is 49.3 Å². The molecule has 5 rings (SSSR count). The van der Waals surface area contributed by atoms with Crippen LogP contribution in [0.1, 0.15) is 34.5 Å². The fraction of sp³-hybridized carbons (Fsp3) is 0.348. The van der Waals surface area contributed by atoms with Gasteiger partial charge in [0.05, 0.1) is 12.1 Å². The van der Waals surface area contributed by atoms with E-state index in [2.05, 4.69) is 33.0 Å². The van der Waals surface area contributed by atoms with Crippen LogP contribution in [-0.2, 0) is 13.0 Å². The first-order valence-electron chi connectivity index (χ1n) is 10.1. The molecule has 0 amide bonds. The van der Waals surface area contributed by atoms with Crippen molar-refractivity contribution >= 4 is 22.4 Å². The molecule has 1 aromatic carbocycles. The number of Topliss-reactive ketones (excluding diaryl/α,β-unsaturated/α-hetero) is 1. The van der Waals surface area contributed by atoms with E-state index in [1.807, 2.05) is 24.4 Å². The largest absolute Gasteiger partial charge is 0.372 e. The normalized spacial score (nSPS) is 17.1. The third kappa shape index (κ3) is 3.38. The Bertz CT molecular complexity index is 1010. The highest BCUT2D eigenvalue weighted by Gasteiger charge is 2.21. The van der Waals surface area contributed by atoms with Crippen molar-refractivity contribution in [2.24, 2.45) is 0 Å². The minimum atomic E-state index is 0.187. The van der Waals surface area contributed by atoms with E-state index in [1.54, 1.807) is 6.20 Å².